The van der Waals surface area contributed by atoms with Crippen molar-refractivity contribution in [2.75, 3.05) is 18.6 Å². The van der Waals surface area contributed by atoms with Crippen LogP contribution in [0.1, 0.15) is 24.8 Å². The molecular weight excluding hydrogens is 450 g/mol. The topological polar surface area (TPSA) is 194 Å². The average molecular weight is 482 g/mol. The molecule has 33 heavy (non-hydrogen) atoms. The summed E-state index contributed by atoms with van der Waals surface area (Å²) < 4.78 is 0. The molecule has 0 aromatic heterocycles. The molecule has 0 radical (unpaired) electrons. The molecule has 0 aliphatic heterocycles. The number of nitrogens with one attached hydrogen (secondary N) is 3. The molecule has 8 N–H and O–H groups in total. The lowest BCUT2D eigenvalue weighted by atomic mass is 10.0. The van der Waals surface area contributed by atoms with Gasteiger partial charge in [0.05, 0.1) is 6.04 Å². The van der Waals surface area contributed by atoms with E-state index in [2.05, 4.69) is 16.0 Å². The van der Waals surface area contributed by atoms with Gasteiger partial charge < -0.3 is 32.5 Å². The first-order valence-electron chi connectivity index (χ1n) is 10.3. The average Bonchev–Trinajstić information content (AvgIpc) is 2.78. The Balaban J connectivity index is 2.99. The standard InChI is InChI=1S/C21H31N5O6S/c1-33-10-9-14(22)19(30)26-16(11-13-5-3-2-4-6-13)21(32)25-15(7-8-17(23)27)20(31)24-12-18(28)29/h2-6,14-16H,7-12,22H2,1H3,(H2,23,27)(H,24,31)(H,25,32)(H,26,30)(H,28,29). The van der Waals surface area contributed by atoms with Gasteiger partial charge in [-0.25, -0.2) is 0 Å². The van der Waals surface area contributed by atoms with E-state index >= 15 is 0 Å². The zero-order valence-corrected chi connectivity index (χ0v) is 19.2. The van der Waals surface area contributed by atoms with Gasteiger partial charge in [-0.1, -0.05) is 30.3 Å². The van der Waals surface area contributed by atoms with Gasteiger partial charge in [-0.05, 0) is 30.4 Å². The third-order valence-corrected chi connectivity index (χ3v) is 5.26. The molecule has 1 aromatic rings. The van der Waals surface area contributed by atoms with E-state index in [9.17, 15) is 24.0 Å². The van der Waals surface area contributed by atoms with Crippen molar-refractivity contribution < 1.29 is 29.1 Å². The van der Waals surface area contributed by atoms with Gasteiger partial charge in [0.15, 0.2) is 0 Å². The predicted octanol–water partition coefficient (Wildman–Crippen LogP) is -1.25. The zero-order chi connectivity index (χ0) is 24.8. The van der Waals surface area contributed by atoms with Crippen LogP contribution < -0.4 is 27.4 Å². The van der Waals surface area contributed by atoms with Crippen molar-refractivity contribution in [1.82, 2.24) is 16.0 Å². The monoisotopic (exact) mass is 481 g/mol. The first-order chi connectivity index (χ1) is 15.6. The second kappa shape index (κ2) is 14.9. The van der Waals surface area contributed by atoms with E-state index in [0.717, 1.165) is 5.56 Å². The maximum absolute atomic E-state index is 13.0. The Labute approximate surface area is 196 Å². The lowest BCUT2D eigenvalue weighted by Gasteiger charge is -2.24. The Bertz CT molecular complexity index is 823. The van der Waals surface area contributed by atoms with E-state index in [1.54, 1.807) is 24.3 Å². The number of amides is 4. The highest BCUT2D eigenvalue weighted by molar-refractivity contribution is 7.98. The van der Waals surface area contributed by atoms with Crippen LogP contribution in [0.2, 0.25) is 0 Å². The van der Waals surface area contributed by atoms with Crippen LogP contribution in [0, 0.1) is 0 Å². The molecular formula is C21H31N5O6S. The van der Waals surface area contributed by atoms with Crippen molar-refractivity contribution in [3.63, 3.8) is 0 Å². The van der Waals surface area contributed by atoms with Crippen LogP contribution >= 0.6 is 11.8 Å². The van der Waals surface area contributed by atoms with Crippen LogP contribution in [0.15, 0.2) is 30.3 Å². The molecule has 0 saturated carbocycles. The molecule has 4 amide bonds. The molecule has 1 aromatic carbocycles. The quantitative estimate of drug-likeness (QED) is 0.179. The summed E-state index contributed by atoms with van der Waals surface area (Å²) in [6, 6.07) is 5.86. The van der Waals surface area contributed by atoms with Crippen molar-refractivity contribution in [2.24, 2.45) is 11.5 Å². The smallest absolute Gasteiger partial charge is 0.322 e. The van der Waals surface area contributed by atoms with E-state index in [1.807, 2.05) is 12.3 Å². The van der Waals surface area contributed by atoms with Crippen LogP contribution in [0.4, 0.5) is 0 Å². The molecule has 0 spiro atoms. The fraction of sp³-hybridized carbons (Fsp3) is 0.476. The second-order valence-corrected chi connectivity index (χ2v) is 8.30. The minimum Gasteiger partial charge on any atom is -0.480 e. The molecule has 3 unspecified atom stereocenters. The van der Waals surface area contributed by atoms with Crippen LogP contribution in [-0.2, 0) is 30.4 Å². The third-order valence-electron chi connectivity index (χ3n) is 4.61. The van der Waals surface area contributed by atoms with E-state index in [4.69, 9.17) is 16.6 Å². The number of aliphatic carboxylic acids is 1. The Hall–Kier alpha value is -3.12. The summed E-state index contributed by atoms with van der Waals surface area (Å²) >= 11 is 1.54. The summed E-state index contributed by atoms with van der Waals surface area (Å²) in [5.41, 5.74) is 11.8. The van der Waals surface area contributed by atoms with Crippen LogP contribution in [-0.4, -0.2) is 71.4 Å². The van der Waals surface area contributed by atoms with Gasteiger partial charge in [0.25, 0.3) is 0 Å². The van der Waals surface area contributed by atoms with Crippen molar-refractivity contribution >= 4 is 41.4 Å². The normalized spacial score (nSPS) is 13.3. The van der Waals surface area contributed by atoms with Crippen molar-refractivity contribution in [3.8, 4) is 0 Å². The van der Waals surface area contributed by atoms with Gasteiger partial charge in [0.1, 0.15) is 18.6 Å². The number of benzene rings is 1. The number of hydrogen-bond donors (Lipinski definition) is 6. The molecule has 12 heteroatoms. The Morgan fingerprint density at radius 3 is 2.18 bits per heavy atom. The van der Waals surface area contributed by atoms with Gasteiger partial charge in [-0.2, -0.15) is 11.8 Å². The number of carboxylic acids is 1. The summed E-state index contributed by atoms with van der Waals surface area (Å²) in [6.45, 7) is -0.656. The van der Waals surface area contributed by atoms with Gasteiger partial charge in [-0.15, -0.1) is 0 Å². The van der Waals surface area contributed by atoms with E-state index in [1.165, 1.54) is 11.8 Å². The number of carbonyl (C=O) groups is 5. The lowest BCUT2D eigenvalue weighted by molar-refractivity contribution is -0.138. The first kappa shape index (κ1) is 27.9. The Morgan fingerprint density at radius 2 is 1.61 bits per heavy atom. The van der Waals surface area contributed by atoms with E-state index < -0.39 is 54.3 Å². The summed E-state index contributed by atoms with van der Waals surface area (Å²) in [5, 5.41) is 16.1. The van der Waals surface area contributed by atoms with E-state index in [0.29, 0.717) is 12.2 Å². The summed E-state index contributed by atoms with van der Waals surface area (Å²) in [6.07, 6.45) is 2.10. The highest BCUT2D eigenvalue weighted by Crippen LogP contribution is 2.07. The summed E-state index contributed by atoms with van der Waals surface area (Å²) in [5.74, 6) is -3.25. The summed E-state index contributed by atoms with van der Waals surface area (Å²) in [4.78, 5) is 59.9. The van der Waals surface area contributed by atoms with Crippen molar-refractivity contribution in [3.05, 3.63) is 35.9 Å². The highest BCUT2D eigenvalue weighted by Gasteiger charge is 2.28. The van der Waals surface area contributed by atoms with Gasteiger partial charge in [-0.3, -0.25) is 24.0 Å². The SMILES string of the molecule is CSCCC(N)C(=O)NC(Cc1ccccc1)C(=O)NC(CCC(N)=O)C(=O)NCC(=O)O. The molecule has 0 saturated heterocycles. The van der Waals surface area contributed by atoms with Gasteiger partial charge >= 0.3 is 5.97 Å². The van der Waals surface area contributed by atoms with E-state index in [-0.39, 0.29) is 19.3 Å². The van der Waals surface area contributed by atoms with Crippen molar-refractivity contribution in [1.29, 1.82) is 0 Å². The predicted molar refractivity (Wildman–Crippen MR) is 124 cm³/mol. The molecule has 0 aliphatic rings. The number of hydrogen-bond acceptors (Lipinski definition) is 7. The molecule has 0 fully saturated rings. The fourth-order valence-electron chi connectivity index (χ4n) is 2.83. The number of thioether (sulfide) groups is 1. The van der Waals surface area contributed by atoms with Gasteiger partial charge in [0.2, 0.25) is 23.6 Å². The molecule has 0 heterocycles. The molecule has 182 valence electrons. The Kier molecular flexibility index (Phi) is 12.6. The van der Waals surface area contributed by atoms with Crippen LogP contribution in [0.25, 0.3) is 0 Å². The maximum atomic E-state index is 13.0. The second-order valence-electron chi connectivity index (χ2n) is 7.32. The first-order valence-corrected chi connectivity index (χ1v) is 11.7. The lowest BCUT2D eigenvalue weighted by Crippen LogP contribution is -2.56. The summed E-state index contributed by atoms with van der Waals surface area (Å²) in [7, 11) is 0. The number of carboxylic acid groups (broad SMARTS) is 1. The zero-order valence-electron chi connectivity index (χ0n) is 18.4. The number of nitrogens with two attached hydrogens (primary N) is 2. The molecule has 11 nitrogen and oxygen atoms in total. The molecule has 0 aliphatic carbocycles. The number of carbonyl (C=O) groups excluding carboxylic acids is 4. The fourth-order valence-corrected chi connectivity index (χ4v) is 3.32. The molecule has 1 rings (SSSR count). The minimum absolute atomic E-state index is 0.132. The third kappa shape index (κ3) is 11.3. The maximum Gasteiger partial charge on any atom is 0.322 e. The van der Waals surface area contributed by atoms with Crippen LogP contribution in [0.3, 0.4) is 0 Å². The van der Waals surface area contributed by atoms with Gasteiger partial charge in [0, 0.05) is 12.8 Å². The highest BCUT2D eigenvalue weighted by atomic mass is 32.2. The molecule has 0 bridgehead atoms. The van der Waals surface area contributed by atoms with Crippen LogP contribution in [0.5, 0.6) is 0 Å². The minimum atomic E-state index is -1.27. The molecule has 3 atom stereocenters. The largest absolute Gasteiger partial charge is 0.480 e. The number of primary amides is 1. The Morgan fingerprint density at radius 1 is 0.970 bits per heavy atom. The van der Waals surface area contributed by atoms with Crippen molar-refractivity contribution in [2.45, 2.75) is 43.8 Å². The number of rotatable bonds is 15.